The number of methoxy groups -OCH3 is 1. The van der Waals surface area contributed by atoms with E-state index in [1.165, 1.54) is 36.4 Å². The topological polar surface area (TPSA) is 44.8 Å². The van der Waals surface area contributed by atoms with Crippen LogP contribution in [-0.4, -0.2) is 13.3 Å². The minimum atomic E-state index is -0.891. The second kappa shape index (κ2) is 7.55. The molecule has 0 amide bonds. The largest absolute Gasteiger partial charge is 0.513 e. The summed E-state index contributed by atoms with van der Waals surface area (Å²) in [7, 11) is 1.20. The van der Waals surface area contributed by atoms with Crippen LogP contribution >= 0.6 is 0 Å². The van der Waals surface area contributed by atoms with E-state index in [4.69, 9.17) is 9.47 Å². The molecule has 4 nitrogen and oxygen atoms in total. The highest BCUT2D eigenvalue weighted by Crippen LogP contribution is 2.45. The van der Waals surface area contributed by atoms with E-state index in [2.05, 4.69) is 17.7 Å². The van der Waals surface area contributed by atoms with E-state index in [0.29, 0.717) is 5.92 Å². The van der Waals surface area contributed by atoms with Crippen LogP contribution in [0, 0.1) is 5.82 Å². The number of carbonyl (C=O) groups excluding carboxylic acids is 1. The number of rotatable bonds is 6. The molecule has 132 valence electrons. The van der Waals surface area contributed by atoms with E-state index in [-0.39, 0.29) is 17.9 Å². The molecule has 1 saturated carbocycles. The van der Waals surface area contributed by atoms with Crippen LogP contribution in [0.25, 0.3) is 0 Å². The SMILES string of the molecule is CCc1ccc(OCc2c(F)cccc2OC(=O)OC)c(C2CC2)c1. The number of hydrogen-bond donors (Lipinski definition) is 0. The summed E-state index contributed by atoms with van der Waals surface area (Å²) in [6.45, 7) is 2.09. The summed E-state index contributed by atoms with van der Waals surface area (Å²) in [4.78, 5) is 11.3. The predicted octanol–water partition coefficient (Wildman–Crippen LogP) is 4.99. The molecule has 0 spiro atoms. The first kappa shape index (κ1) is 17.3. The monoisotopic (exact) mass is 344 g/mol. The first-order chi connectivity index (χ1) is 12.1. The number of benzene rings is 2. The molecule has 25 heavy (non-hydrogen) atoms. The van der Waals surface area contributed by atoms with Gasteiger partial charge in [0.25, 0.3) is 0 Å². The molecule has 0 atom stereocenters. The van der Waals surface area contributed by atoms with Gasteiger partial charge in [-0.3, -0.25) is 0 Å². The summed E-state index contributed by atoms with van der Waals surface area (Å²) < 4.78 is 29.6. The molecule has 3 rings (SSSR count). The van der Waals surface area contributed by atoms with Crippen molar-refractivity contribution in [2.75, 3.05) is 7.11 Å². The maximum atomic E-state index is 14.2. The second-order valence-corrected chi connectivity index (χ2v) is 6.06. The highest BCUT2D eigenvalue weighted by atomic mass is 19.1. The van der Waals surface area contributed by atoms with E-state index < -0.39 is 12.0 Å². The third-order valence-electron chi connectivity index (χ3n) is 4.31. The quantitative estimate of drug-likeness (QED) is 0.547. The van der Waals surface area contributed by atoms with Crippen molar-refractivity contribution in [3.05, 3.63) is 58.9 Å². The van der Waals surface area contributed by atoms with Gasteiger partial charge in [0.1, 0.15) is 23.9 Å². The van der Waals surface area contributed by atoms with Crippen LogP contribution in [0.15, 0.2) is 36.4 Å². The molecule has 0 radical (unpaired) electrons. The Labute approximate surface area is 146 Å². The molecule has 0 aromatic heterocycles. The molecule has 1 aliphatic carbocycles. The Bertz CT molecular complexity index is 768. The first-order valence-electron chi connectivity index (χ1n) is 8.41. The lowest BCUT2D eigenvalue weighted by molar-refractivity contribution is 0.120. The van der Waals surface area contributed by atoms with Crippen molar-refractivity contribution in [1.29, 1.82) is 0 Å². The van der Waals surface area contributed by atoms with E-state index >= 15 is 0 Å². The van der Waals surface area contributed by atoms with Gasteiger partial charge in [-0.1, -0.05) is 25.1 Å². The van der Waals surface area contributed by atoms with Crippen LogP contribution in [0.3, 0.4) is 0 Å². The molecule has 1 aliphatic rings. The zero-order valence-corrected chi connectivity index (χ0v) is 14.4. The van der Waals surface area contributed by atoms with Crippen LogP contribution in [0.5, 0.6) is 11.5 Å². The van der Waals surface area contributed by atoms with Gasteiger partial charge in [0.15, 0.2) is 0 Å². The standard InChI is InChI=1S/C20H21FO4/c1-3-13-7-10-18(15(11-13)14-8-9-14)24-12-16-17(21)5-4-6-19(16)25-20(22)23-2/h4-7,10-11,14H,3,8-9,12H2,1-2H3. The number of hydrogen-bond acceptors (Lipinski definition) is 4. The molecule has 0 unspecified atom stereocenters. The minimum Gasteiger partial charge on any atom is -0.488 e. The van der Waals surface area contributed by atoms with Crippen molar-refractivity contribution >= 4 is 6.16 Å². The predicted molar refractivity (Wildman–Crippen MR) is 91.6 cm³/mol. The van der Waals surface area contributed by atoms with Gasteiger partial charge < -0.3 is 14.2 Å². The van der Waals surface area contributed by atoms with Crippen LogP contribution in [0.4, 0.5) is 9.18 Å². The lowest BCUT2D eigenvalue weighted by Gasteiger charge is -2.15. The van der Waals surface area contributed by atoms with Crippen LogP contribution in [0.2, 0.25) is 0 Å². The normalized spacial score (nSPS) is 13.4. The fraction of sp³-hybridized carbons (Fsp3) is 0.350. The summed E-state index contributed by atoms with van der Waals surface area (Å²) in [6.07, 6.45) is 2.38. The lowest BCUT2D eigenvalue weighted by atomic mass is 10.0. The fourth-order valence-corrected chi connectivity index (χ4v) is 2.72. The lowest BCUT2D eigenvalue weighted by Crippen LogP contribution is -2.11. The van der Waals surface area contributed by atoms with Gasteiger partial charge >= 0.3 is 6.16 Å². The van der Waals surface area contributed by atoms with Crippen molar-refractivity contribution in [2.24, 2.45) is 0 Å². The van der Waals surface area contributed by atoms with Gasteiger partial charge in [-0.2, -0.15) is 0 Å². The third-order valence-corrected chi connectivity index (χ3v) is 4.31. The molecule has 0 bridgehead atoms. The molecule has 0 N–H and O–H groups in total. The third kappa shape index (κ3) is 4.10. The van der Waals surface area contributed by atoms with Gasteiger partial charge in [0.2, 0.25) is 0 Å². The molecular weight excluding hydrogens is 323 g/mol. The number of ether oxygens (including phenoxy) is 3. The maximum absolute atomic E-state index is 14.2. The molecule has 0 heterocycles. The van der Waals surface area contributed by atoms with Gasteiger partial charge in [0, 0.05) is 0 Å². The molecule has 5 heteroatoms. The number of halogens is 1. The molecule has 0 saturated heterocycles. The molecular formula is C20H21FO4. The fourth-order valence-electron chi connectivity index (χ4n) is 2.72. The Morgan fingerprint density at radius 3 is 2.68 bits per heavy atom. The Kier molecular flexibility index (Phi) is 5.22. The summed E-state index contributed by atoms with van der Waals surface area (Å²) >= 11 is 0. The number of aryl methyl sites for hydroxylation is 1. The highest BCUT2D eigenvalue weighted by Gasteiger charge is 2.27. The first-order valence-corrected chi connectivity index (χ1v) is 8.41. The highest BCUT2D eigenvalue weighted by molar-refractivity contribution is 5.64. The molecule has 0 aliphatic heterocycles. The minimum absolute atomic E-state index is 0.0236. The number of carbonyl (C=O) groups is 1. The van der Waals surface area contributed by atoms with Gasteiger partial charge in [-0.05, 0) is 54.5 Å². The van der Waals surface area contributed by atoms with Crippen molar-refractivity contribution in [3.63, 3.8) is 0 Å². The summed E-state index contributed by atoms with van der Waals surface area (Å²) in [6, 6.07) is 10.4. The van der Waals surface area contributed by atoms with E-state index in [9.17, 15) is 9.18 Å². The van der Waals surface area contributed by atoms with Crippen molar-refractivity contribution in [2.45, 2.75) is 38.7 Å². The summed E-state index contributed by atoms with van der Waals surface area (Å²) in [5.41, 5.74) is 2.62. The average molecular weight is 344 g/mol. The Balaban J connectivity index is 1.81. The summed E-state index contributed by atoms with van der Waals surface area (Å²) in [5.74, 6) is 0.893. The van der Waals surface area contributed by atoms with E-state index in [0.717, 1.165) is 25.0 Å². The Hall–Kier alpha value is -2.56. The second-order valence-electron chi connectivity index (χ2n) is 6.06. The summed E-state index contributed by atoms with van der Waals surface area (Å²) in [5, 5.41) is 0. The molecule has 1 fully saturated rings. The van der Waals surface area contributed by atoms with Crippen LogP contribution < -0.4 is 9.47 Å². The smallest absolute Gasteiger partial charge is 0.488 e. The maximum Gasteiger partial charge on any atom is 0.513 e. The van der Waals surface area contributed by atoms with Crippen molar-refractivity contribution < 1.29 is 23.4 Å². The zero-order chi connectivity index (χ0) is 17.8. The van der Waals surface area contributed by atoms with Crippen LogP contribution in [-0.2, 0) is 17.8 Å². The molecule has 2 aromatic carbocycles. The van der Waals surface area contributed by atoms with E-state index in [1.807, 2.05) is 12.1 Å². The Morgan fingerprint density at radius 2 is 2.00 bits per heavy atom. The Morgan fingerprint density at radius 1 is 1.20 bits per heavy atom. The van der Waals surface area contributed by atoms with Gasteiger partial charge in [-0.25, -0.2) is 9.18 Å². The molecule has 2 aromatic rings. The van der Waals surface area contributed by atoms with Gasteiger partial charge in [-0.15, -0.1) is 0 Å². The van der Waals surface area contributed by atoms with Gasteiger partial charge in [0.05, 0.1) is 12.7 Å². The van der Waals surface area contributed by atoms with Crippen LogP contribution in [0.1, 0.15) is 42.4 Å². The zero-order valence-electron chi connectivity index (χ0n) is 14.4. The van der Waals surface area contributed by atoms with Crippen molar-refractivity contribution in [1.82, 2.24) is 0 Å². The average Bonchev–Trinajstić information content (AvgIpc) is 3.46. The van der Waals surface area contributed by atoms with Crippen molar-refractivity contribution in [3.8, 4) is 11.5 Å². The van der Waals surface area contributed by atoms with E-state index in [1.54, 1.807) is 0 Å².